The standard InChI is InChI=1S/C8H4ClN5O/c9-6-1-2-7-10-11-8(14(7)12-6)5-3-4-15-13-5/h1-4H. The summed E-state index contributed by atoms with van der Waals surface area (Å²) in [6.45, 7) is 0. The Kier molecular flexibility index (Phi) is 1.69. The molecule has 0 spiro atoms. The Hall–Kier alpha value is -1.95. The first kappa shape index (κ1) is 8.37. The van der Waals surface area contributed by atoms with Gasteiger partial charge in [-0.2, -0.15) is 9.61 Å². The van der Waals surface area contributed by atoms with E-state index in [1.54, 1.807) is 18.2 Å². The van der Waals surface area contributed by atoms with E-state index in [1.165, 1.54) is 10.8 Å². The molecule has 0 aromatic carbocycles. The molecule has 3 rings (SSSR count). The first-order chi connectivity index (χ1) is 7.34. The highest BCUT2D eigenvalue weighted by atomic mass is 35.5. The minimum absolute atomic E-state index is 0.368. The summed E-state index contributed by atoms with van der Waals surface area (Å²) in [5, 5.41) is 16.1. The topological polar surface area (TPSA) is 69.1 Å². The minimum atomic E-state index is 0.368. The molecular weight excluding hydrogens is 218 g/mol. The predicted octanol–water partition coefficient (Wildman–Crippen LogP) is 1.43. The van der Waals surface area contributed by atoms with Crippen molar-refractivity contribution < 1.29 is 4.52 Å². The maximum Gasteiger partial charge on any atom is 0.207 e. The van der Waals surface area contributed by atoms with E-state index in [0.717, 1.165) is 0 Å². The van der Waals surface area contributed by atoms with Crippen LogP contribution in [0.25, 0.3) is 17.2 Å². The lowest BCUT2D eigenvalue weighted by molar-refractivity contribution is 0.421. The lowest BCUT2D eigenvalue weighted by atomic mass is 10.4. The van der Waals surface area contributed by atoms with Crippen LogP contribution in [-0.2, 0) is 0 Å². The van der Waals surface area contributed by atoms with Gasteiger partial charge in [0.05, 0.1) is 0 Å². The molecule has 3 aromatic heterocycles. The van der Waals surface area contributed by atoms with Crippen LogP contribution >= 0.6 is 11.6 Å². The number of rotatable bonds is 1. The zero-order valence-electron chi connectivity index (χ0n) is 7.33. The van der Waals surface area contributed by atoms with E-state index in [-0.39, 0.29) is 0 Å². The Morgan fingerprint density at radius 1 is 1.20 bits per heavy atom. The van der Waals surface area contributed by atoms with Gasteiger partial charge in [-0.15, -0.1) is 10.2 Å². The average Bonchev–Trinajstić information content (AvgIpc) is 2.83. The molecule has 3 heterocycles. The van der Waals surface area contributed by atoms with E-state index in [9.17, 15) is 0 Å². The highest BCUT2D eigenvalue weighted by molar-refractivity contribution is 6.29. The molecule has 0 aliphatic heterocycles. The summed E-state index contributed by atoms with van der Waals surface area (Å²) in [4.78, 5) is 0. The van der Waals surface area contributed by atoms with Gasteiger partial charge >= 0.3 is 0 Å². The van der Waals surface area contributed by atoms with Crippen molar-refractivity contribution in [1.82, 2.24) is 25.0 Å². The molecule has 0 amide bonds. The van der Waals surface area contributed by atoms with Crippen LogP contribution in [0.5, 0.6) is 0 Å². The van der Waals surface area contributed by atoms with E-state index in [2.05, 4.69) is 20.5 Å². The SMILES string of the molecule is Clc1ccc2nnc(-c3ccon3)n2n1. The fourth-order valence-corrected chi connectivity index (χ4v) is 1.39. The molecule has 6 nitrogen and oxygen atoms in total. The van der Waals surface area contributed by atoms with Crippen molar-refractivity contribution in [2.45, 2.75) is 0 Å². The molecule has 3 aromatic rings. The van der Waals surface area contributed by atoms with E-state index < -0.39 is 0 Å². The van der Waals surface area contributed by atoms with E-state index in [4.69, 9.17) is 16.1 Å². The van der Waals surface area contributed by atoms with Crippen molar-refractivity contribution in [2.75, 3.05) is 0 Å². The molecule has 7 heteroatoms. The van der Waals surface area contributed by atoms with Crippen LogP contribution in [0.1, 0.15) is 0 Å². The third-order valence-electron chi connectivity index (χ3n) is 1.90. The lowest BCUT2D eigenvalue weighted by Crippen LogP contribution is -1.94. The molecule has 0 radical (unpaired) electrons. The summed E-state index contributed by atoms with van der Waals surface area (Å²) in [5.74, 6) is 0.501. The van der Waals surface area contributed by atoms with Gasteiger partial charge in [-0.25, -0.2) is 0 Å². The van der Waals surface area contributed by atoms with Crippen LogP contribution in [0.15, 0.2) is 29.0 Å². The first-order valence-electron chi connectivity index (χ1n) is 4.13. The fraction of sp³-hybridized carbons (Fsp3) is 0. The number of halogens is 1. The van der Waals surface area contributed by atoms with Crippen LogP contribution in [0.4, 0.5) is 0 Å². The van der Waals surface area contributed by atoms with Crippen LogP contribution in [0.3, 0.4) is 0 Å². The predicted molar refractivity (Wildman–Crippen MR) is 51.3 cm³/mol. The van der Waals surface area contributed by atoms with Crippen molar-refractivity contribution >= 4 is 17.2 Å². The Labute approximate surface area is 88.5 Å². The average molecular weight is 222 g/mol. The summed E-state index contributed by atoms with van der Waals surface area (Å²) in [5.41, 5.74) is 1.18. The molecule has 0 N–H and O–H groups in total. The van der Waals surface area contributed by atoms with E-state index in [1.807, 2.05) is 0 Å². The van der Waals surface area contributed by atoms with E-state index in [0.29, 0.717) is 22.3 Å². The molecule has 0 atom stereocenters. The van der Waals surface area contributed by atoms with Gasteiger partial charge in [0.2, 0.25) is 5.82 Å². The smallest absolute Gasteiger partial charge is 0.207 e. The number of fused-ring (bicyclic) bond motifs is 1. The molecule has 74 valence electrons. The molecule has 0 saturated carbocycles. The lowest BCUT2D eigenvalue weighted by Gasteiger charge is -1.94. The third-order valence-corrected chi connectivity index (χ3v) is 2.10. The summed E-state index contributed by atoms with van der Waals surface area (Å²) in [6, 6.07) is 5.06. The van der Waals surface area contributed by atoms with Crippen molar-refractivity contribution in [1.29, 1.82) is 0 Å². The number of hydrogen-bond donors (Lipinski definition) is 0. The molecule has 0 fully saturated rings. The molecule has 0 aliphatic carbocycles. The molecular formula is C8H4ClN5O. The number of hydrogen-bond acceptors (Lipinski definition) is 5. The summed E-state index contributed by atoms with van der Waals surface area (Å²) in [7, 11) is 0. The Bertz CT molecular complexity index is 603. The molecule has 15 heavy (non-hydrogen) atoms. The maximum atomic E-state index is 5.78. The normalized spacial score (nSPS) is 11.0. The van der Waals surface area contributed by atoms with Crippen molar-refractivity contribution in [3.63, 3.8) is 0 Å². The second-order valence-electron chi connectivity index (χ2n) is 2.83. The zero-order valence-corrected chi connectivity index (χ0v) is 8.09. The van der Waals surface area contributed by atoms with Crippen molar-refractivity contribution in [2.24, 2.45) is 0 Å². The largest absolute Gasteiger partial charge is 0.364 e. The van der Waals surface area contributed by atoms with Crippen molar-refractivity contribution in [3.8, 4) is 11.5 Å². The summed E-state index contributed by atoms with van der Waals surface area (Å²) in [6.07, 6.45) is 1.46. The highest BCUT2D eigenvalue weighted by Gasteiger charge is 2.11. The minimum Gasteiger partial charge on any atom is -0.364 e. The van der Waals surface area contributed by atoms with Gasteiger partial charge in [0.15, 0.2) is 11.3 Å². The van der Waals surface area contributed by atoms with Gasteiger partial charge in [0, 0.05) is 6.07 Å². The van der Waals surface area contributed by atoms with Gasteiger partial charge < -0.3 is 4.52 Å². The maximum absolute atomic E-state index is 5.78. The zero-order chi connectivity index (χ0) is 10.3. The Morgan fingerprint density at radius 3 is 2.93 bits per heavy atom. The van der Waals surface area contributed by atoms with Crippen molar-refractivity contribution in [3.05, 3.63) is 29.6 Å². The second kappa shape index (κ2) is 3.03. The third kappa shape index (κ3) is 1.26. The second-order valence-corrected chi connectivity index (χ2v) is 3.22. The molecule has 0 saturated heterocycles. The summed E-state index contributed by atoms with van der Waals surface area (Å²) >= 11 is 5.78. The van der Waals surface area contributed by atoms with Gasteiger partial charge in [0.25, 0.3) is 0 Å². The summed E-state index contributed by atoms with van der Waals surface area (Å²) < 4.78 is 6.24. The van der Waals surface area contributed by atoms with Gasteiger partial charge in [-0.05, 0) is 12.1 Å². The van der Waals surface area contributed by atoms with Gasteiger partial charge in [-0.3, -0.25) is 0 Å². The van der Waals surface area contributed by atoms with E-state index >= 15 is 0 Å². The van der Waals surface area contributed by atoms with Crippen LogP contribution < -0.4 is 0 Å². The van der Waals surface area contributed by atoms with Crippen LogP contribution in [0, 0.1) is 0 Å². The van der Waals surface area contributed by atoms with Gasteiger partial charge in [0.1, 0.15) is 11.4 Å². The van der Waals surface area contributed by atoms with Crippen LogP contribution in [-0.4, -0.2) is 25.0 Å². The molecule has 0 unspecified atom stereocenters. The fourth-order valence-electron chi connectivity index (χ4n) is 1.25. The number of nitrogens with zero attached hydrogens (tertiary/aromatic N) is 5. The number of aromatic nitrogens is 5. The van der Waals surface area contributed by atoms with Crippen LogP contribution in [0.2, 0.25) is 5.15 Å². The molecule has 0 bridgehead atoms. The Balaban J connectivity index is 2.32. The monoisotopic (exact) mass is 221 g/mol. The Morgan fingerprint density at radius 2 is 2.13 bits per heavy atom. The van der Waals surface area contributed by atoms with Gasteiger partial charge in [-0.1, -0.05) is 16.8 Å². The highest BCUT2D eigenvalue weighted by Crippen LogP contribution is 2.15. The molecule has 0 aliphatic rings. The first-order valence-corrected chi connectivity index (χ1v) is 4.51. The quantitative estimate of drug-likeness (QED) is 0.622.